The highest BCUT2D eigenvalue weighted by Gasteiger charge is 2.48. The Bertz CT molecular complexity index is 2270. The Morgan fingerprint density at radius 3 is 1.79 bits per heavy atom. The molecule has 0 radical (unpaired) electrons. The molecule has 4 aliphatic heterocycles. The standard InChI is InChI=1S/C34H20O4P2S2/c41-39-29-13-3-1-7-21(29)35-23-9-5-11-25(33(23)39)37-27-17-16-20-19(31(27)39)15-18-28-32(20)40(42)30-14-4-2-8-22(30)36-24-10-6-12-26(38-28)34(24)40/h1-5,7-9,11-18H,6,10H2. The van der Waals surface area contributed by atoms with E-state index < -0.39 is 12.1 Å². The van der Waals surface area contributed by atoms with E-state index in [0.29, 0.717) is 0 Å². The van der Waals surface area contributed by atoms with Crippen molar-refractivity contribution in [2.45, 2.75) is 12.8 Å². The van der Waals surface area contributed by atoms with Crippen LogP contribution in [0.5, 0.6) is 34.5 Å². The van der Waals surface area contributed by atoms with E-state index in [0.717, 1.165) is 101 Å². The molecule has 0 amide bonds. The molecule has 0 saturated heterocycles. The number of benzene rings is 5. The van der Waals surface area contributed by atoms with Gasteiger partial charge in [0.1, 0.15) is 46.0 Å². The lowest BCUT2D eigenvalue weighted by molar-refractivity contribution is 0.375. The minimum absolute atomic E-state index is 0.774. The lowest BCUT2D eigenvalue weighted by atomic mass is 10.1. The number of fused-ring (bicyclic) bond motifs is 11. The van der Waals surface area contributed by atoms with Crippen LogP contribution in [0, 0.1) is 0 Å². The SMILES string of the molecule is S=P12C3=C(CCC=C3Oc3ccc4c5c(ccc4c31)Oc1cccc3c1P5(=S)c1ccccc1O3)Oc1ccccc12. The quantitative estimate of drug-likeness (QED) is 0.172. The first-order valence-corrected chi connectivity index (χ1v) is 19.5. The van der Waals surface area contributed by atoms with Gasteiger partial charge in [0.2, 0.25) is 0 Å². The fourth-order valence-corrected chi connectivity index (χ4v) is 16.9. The van der Waals surface area contributed by atoms with E-state index in [1.54, 1.807) is 0 Å². The van der Waals surface area contributed by atoms with Crippen molar-refractivity contribution in [2.75, 3.05) is 0 Å². The molecule has 5 aromatic carbocycles. The summed E-state index contributed by atoms with van der Waals surface area (Å²) in [6, 6.07) is 25.8. The van der Waals surface area contributed by atoms with E-state index in [1.165, 1.54) is 0 Å². The van der Waals surface area contributed by atoms with Crippen LogP contribution in [0.3, 0.4) is 0 Å². The first-order valence-electron chi connectivity index (χ1n) is 13.9. The predicted octanol–water partition coefficient (Wildman–Crippen LogP) is 6.91. The molecule has 5 aliphatic rings. The van der Waals surface area contributed by atoms with E-state index in [9.17, 15) is 0 Å². The minimum atomic E-state index is -2.57. The predicted molar refractivity (Wildman–Crippen MR) is 176 cm³/mol. The van der Waals surface area contributed by atoms with Crippen LogP contribution in [0.2, 0.25) is 0 Å². The molecular formula is C34H20O4P2S2. The molecule has 4 heterocycles. The number of para-hydroxylation sites is 2. The van der Waals surface area contributed by atoms with Crippen LogP contribution in [0.4, 0.5) is 0 Å². The smallest absolute Gasteiger partial charge is 0.140 e. The minimum Gasteiger partial charge on any atom is -0.460 e. The Morgan fingerprint density at radius 2 is 1.05 bits per heavy atom. The maximum Gasteiger partial charge on any atom is 0.140 e. The summed E-state index contributed by atoms with van der Waals surface area (Å²) in [5.74, 6) is 6.64. The normalized spacial score (nSPS) is 23.3. The molecule has 10 rings (SSSR count). The number of hydrogen-bond donors (Lipinski definition) is 0. The van der Waals surface area contributed by atoms with Crippen LogP contribution in [-0.4, -0.2) is 0 Å². The summed E-state index contributed by atoms with van der Waals surface area (Å²) in [5, 5.41) is 8.42. The Kier molecular flexibility index (Phi) is 4.56. The van der Waals surface area contributed by atoms with E-state index in [2.05, 4.69) is 48.5 Å². The topological polar surface area (TPSA) is 36.9 Å². The molecule has 5 aromatic rings. The molecule has 0 fully saturated rings. The molecule has 0 aromatic heterocycles. The molecule has 4 nitrogen and oxygen atoms in total. The largest absolute Gasteiger partial charge is 0.460 e. The van der Waals surface area contributed by atoms with Crippen molar-refractivity contribution >= 4 is 73.0 Å². The maximum absolute atomic E-state index is 6.90. The lowest BCUT2D eigenvalue weighted by Crippen LogP contribution is -2.36. The summed E-state index contributed by atoms with van der Waals surface area (Å²) >= 11 is 13.8. The van der Waals surface area contributed by atoms with Gasteiger partial charge in [-0.25, -0.2) is 0 Å². The fourth-order valence-electron chi connectivity index (χ4n) is 7.13. The van der Waals surface area contributed by atoms with Gasteiger partial charge in [-0.1, -0.05) is 53.9 Å². The van der Waals surface area contributed by atoms with E-state index in [-0.39, 0.29) is 0 Å². The van der Waals surface area contributed by atoms with Gasteiger partial charge in [-0.05, 0) is 83.9 Å². The van der Waals surface area contributed by atoms with Crippen molar-refractivity contribution in [1.29, 1.82) is 0 Å². The molecule has 0 N–H and O–H groups in total. The monoisotopic (exact) mass is 618 g/mol. The molecule has 2 unspecified atom stereocenters. The molecule has 202 valence electrons. The third-order valence-electron chi connectivity index (χ3n) is 8.79. The van der Waals surface area contributed by atoms with Gasteiger partial charge in [0.25, 0.3) is 0 Å². The highest BCUT2D eigenvalue weighted by Crippen LogP contribution is 2.67. The second kappa shape index (κ2) is 8.03. The van der Waals surface area contributed by atoms with Gasteiger partial charge in [0.15, 0.2) is 0 Å². The summed E-state index contributed by atoms with van der Waals surface area (Å²) in [7, 11) is 0. The van der Waals surface area contributed by atoms with Crippen LogP contribution in [0.1, 0.15) is 12.8 Å². The van der Waals surface area contributed by atoms with E-state index in [4.69, 9.17) is 42.6 Å². The zero-order valence-corrected chi connectivity index (χ0v) is 25.4. The lowest BCUT2D eigenvalue weighted by Gasteiger charge is -2.41. The maximum atomic E-state index is 6.90. The van der Waals surface area contributed by atoms with Gasteiger partial charge >= 0.3 is 0 Å². The van der Waals surface area contributed by atoms with Crippen molar-refractivity contribution in [3.05, 3.63) is 114 Å². The summed E-state index contributed by atoms with van der Waals surface area (Å²) < 4.78 is 26.1. The van der Waals surface area contributed by atoms with Crippen LogP contribution in [0.15, 0.2) is 114 Å². The number of hydrogen-bond acceptors (Lipinski definition) is 6. The van der Waals surface area contributed by atoms with E-state index >= 15 is 0 Å². The van der Waals surface area contributed by atoms with E-state index in [1.807, 2.05) is 48.5 Å². The Labute approximate surface area is 252 Å². The van der Waals surface area contributed by atoms with Crippen LogP contribution in [0.25, 0.3) is 10.8 Å². The van der Waals surface area contributed by atoms with Crippen LogP contribution >= 0.6 is 12.1 Å². The van der Waals surface area contributed by atoms with Crippen molar-refractivity contribution < 1.29 is 18.9 Å². The van der Waals surface area contributed by atoms with Crippen molar-refractivity contribution in [2.24, 2.45) is 0 Å². The summed E-state index contributed by atoms with van der Waals surface area (Å²) in [5.41, 5.74) is 0. The zero-order chi connectivity index (χ0) is 27.8. The molecule has 8 heteroatoms. The van der Waals surface area contributed by atoms with Crippen molar-refractivity contribution in [3.63, 3.8) is 0 Å². The Hall–Kier alpha value is -3.66. The Morgan fingerprint density at radius 1 is 0.500 bits per heavy atom. The second-order valence-corrected chi connectivity index (χ2v) is 19.4. The third-order valence-corrected chi connectivity index (χ3v) is 18.6. The van der Waals surface area contributed by atoms with Gasteiger partial charge in [-0.2, -0.15) is 0 Å². The van der Waals surface area contributed by atoms with Gasteiger partial charge < -0.3 is 18.9 Å². The summed E-state index contributed by atoms with van der Waals surface area (Å²) in [6.07, 6.45) is 3.85. The van der Waals surface area contributed by atoms with Gasteiger partial charge in [-0.15, -0.1) is 0 Å². The van der Waals surface area contributed by atoms with Crippen LogP contribution < -0.4 is 45.5 Å². The third kappa shape index (κ3) is 2.76. The first-order chi connectivity index (χ1) is 20.6. The molecule has 0 bridgehead atoms. The molecule has 0 spiro atoms. The summed E-state index contributed by atoms with van der Waals surface area (Å²) in [6.45, 7) is 0. The number of rotatable bonds is 0. The van der Waals surface area contributed by atoms with Gasteiger partial charge in [0, 0.05) is 27.6 Å². The van der Waals surface area contributed by atoms with Gasteiger partial charge in [-0.3, -0.25) is 0 Å². The number of ether oxygens (including phenoxy) is 4. The van der Waals surface area contributed by atoms with Gasteiger partial charge in [0.05, 0.1) is 22.7 Å². The molecule has 2 atom stereocenters. The molecule has 0 saturated carbocycles. The fraction of sp³-hybridized carbons (Fsp3) is 0.0588. The highest BCUT2D eigenvalue weighted by atomic mass is 32.4. The van der Waals surface area contributed by atoms with Crippen molar-refractivity contribution in [1.82, 2.24) is 0 Å². The van der Waals surface area contributed by atoms with Crippen molar-refractivity contribution in [3.8, 4) is 34.5 Å². The highest BCUT2D eigenvalue weighted by molar-refractivity contribution is 8.26. The average Bonchev–Trinajstić information content (AvgIpc) is 3.01. The average molecular weight is 619 g/mol. The first kappa shape index (κ1) is 23.9. The molecule has 42 heavy (non-hydrogen) atoms. The summed E-state index contributed by atoms with van der Waals surface area (Å²) in [4.78, 5) is 0. The Balaban J connectivity index is 1.35. The molecule has 1 aliphatic carbocycles. The second-order valence-electron chi connectivity index (χ2n) is 11.0. The number of allylic oxidation sites excluding steroid dienone is 3. The molecular weight excluding hydrogens is 598 g/mol. The van der Waals surface area contributed by atoms with Crippen LogP contribution in [-0.2, 0) is 23.6 Å². The zero-order valence-electron chi connectivity index (χ0n) is 22.0.